The molecule has 1 aromatic carbocycles. The number of anilines is 1. The molecule has 3 heterocycles. The Balaban J connectivity index is 1.30. The highest BCUT2D eigenvalue weighted by atomic mass is 32.1. The Morgan fingerprint density at radius 3 is 2.55 bits per heavy atom. The third-order valence-electron chi connectivity index (χ3n) is 6.19. The van der Waals surface area contributed by atoms with Crippen LogP contribution in [0.1, 0.15) is 36.4 Å². The van der Waals surface area contributed by atoms with Gasteiger partial charge in [0.05, 0.1) is 17.8 Å². The number of aryl methyl sites for hydroxylation is 1. The van der Waals surface area contributed by atoms with Gasteiger partial charge in [-0.25, -0.2) is 4.98 Å². The molecule has 0 aliphatic carbocycles. The number of aromatic nitrogens is 1. The monoisotopic (exact) mass is 442 g/mol. The van der Waals surface area contributed by atoms with Gasteiger partial charge in [0.25, 0.3) is 0 Å². The maximum Gasteiger partial charge on any atom is 0.247 e. The van der Waals surface area contributed by atoms with Crippen LogP contribution in [0.5, 0.6) is 5.75 Å². The van der Waals surface area contributed by atoms with E-state index in [1.54, 1.807) is 18.4 Å². The maximum atomic E-state index is 13.2. The van der Waals surface area contributed by atoms with Gasteiger partial charge in [-0.3, -0.25) is 14.5 Å². The summed E-state index contributed by atoms with van der Waals surface area (Å²) in [5.41, 5.74) is 1.83. The van der Waals surface area contributed by atoms with Crippen LogP contribution >= 0.6 is 11.3 Å². The lowest BCUT2D eigenvalue weighted by Crippen LogP contribution is -2.48. The van der Waals surface area contributed by atoms with Crippen molar-refractivity contribution in [3.8, 4) is 5.75 Å². The third kappa shape index (κ3) is 5.25. The van der Waals surface area contributed by atoms with E-state index in [4.69, 9.17) is 4.74 Å². The quantitative estimate of drug-likeness (QED) is 0.743. The van der Waals surface area contributed by atoms with Gasteiger partial charge in [-0.2, -0.15) is 0 Å². The number of rotatable bonds is 6. The number of likely N-dealkylation sites (tertiary alicyclic amines) is 2. The minimum absolute atomic E-state index is 0.00260. The zero-order valence-electron chi connectivity index (χ0n) is 18.2. The predicted octanol–water partition coefficient (Wildman–Crippen LogP) is 3.30. The Hall–Kier alpha value is -2.45. The smallest absolute Gasteiger partial charge is 0.247 e. The molecule has 1 unspecified atom stereocenters. The van der Waals surface area contributed by atoms with Crippen molar-refractivity contribution in [3.05, 3.63) is 40.3 Å². The second kappa shape index (κ2) is 9.78. The highest BCUT2D eigenvalue weighted by molar-refractivity contribution is 7.09. The van der Waals surface area contributed by atoms with Crippen molar-refractivity contribution in [3.63, 3.8) is 0 Å². The normalized spacial score (nSPS) is 20.1. The fourth-order valence-electron chi connectivity index (χ4n) is 4.49. The van der Waals surface area contributed by atoms with E-state index in [2.05, 4.69) is 20.6 Å². The number of piperidine rings is 1. The van der Waals surface area contributed by atoms with Crippen LogP contribution in [0.2, 0.25) is 0 Å². The number of hydrogen-bond acceptors (Lipinski definition) is 6. The van der Waals surface area contributed by atoms with Crippen molar-refractivity contribution in [1.29, 1.82) is 0 Å². The van der Waals surface area contributed by atoms with Crippen molar-refractivity contribution >= 4 is 28.8 Å². The van der Waals surface area contributed by atoms with E-state index in [1.165, 1.54) is 0 Å². The van der Waals surface area contributed by atoms with Crippen molar-refractivity contribution in [2.45, 2.75) is 45.2 Å². The molecule has 0 radical (unpaired) electrons. The molecule has 1 N–H and O–H groups in total. The molecular weight excluding hydrogens is 412 g/mol. The van der Waals surface area contributed by atoms with Crippen molar-refractivity contribution in [2.24, 2.45) is 5.92 Å². The highest BCUT2D eigenvalue weighted by Crippen LogP contribution is 2.27. The number of benzene rings is 1. The SMILES string of the molecule is COc1ccc(NC(=O)C2CCCN2C(=O)C2CCN(Cc3csc(C)n3)CC2)cc1. The van der Waals surface area contributed by atoms with Gasteiger partial charge in [-0.1, -0.05) is 0 Å². The fourth-order valence-corrected chi connectivity index (χ4v) is 5.09. The van der Waals surface area contributed by atoms with Gasteiger partial charge in [0.1, 0.15) is 11.8 Å². The minimum Gasteiger partial charge on any atom is -0.497 e. The van der Waals surface area contributed by atoms with Crippen molar-refractivity contribution < 1.29 is 14.3 Å². The van der Waals surface area contributed by atoms with E-state index in [0.717, 1.165) is 67.5 Å². The van der Waals surface area contributed by atoms with E-state index in [9.17, 15) is 9.59 Å². The summed E-state index contributed by atoms with van der Waals surface area (Å²) in [5.74, 6) is 0.777. The summed E-state index contributed by atoms with van der Waals surface area (Å²) in [7, 11) is 1.61. The molecule has 31 heavy (non-hydrogen) atoms. The number of ether oxygens (including phenoxy) is 1. The molecule has 4 rings (SSSR count). The van der Waals surface area contributed by atoms with Crippen molar-refractivity contribution in [2.75, 3.05) is 32.1 Å². The summed E-state index contributed by atoms with van der Waals surface area (Å²) >= 11 is 1.68. The molecule has 8 heteroatoms. The van der Waals surface area contributed by atoms with Gasteiger partial charge in [-0.15, -0.1) is 11.3 Å². The summed E-state index contributed by atoms with van der Waals surface area (Å²) in [6.45, 7) is 5.32. The first-order chi connectivity index (χ1) is 15.0. The van der Waals surface area contributed by atoms with E-state index in [-0.39, 0.29) is 23.8 Å². The first kappa shape index (κ1) is 21.8. The van der Waals surface area contributed by atoms with Crippen LogP contribution in [0, 0.1) is 12.8 Å². The van der Waals surface area contributed by atoms with Gasteiger partial charge in [0.2, 0.25) is 11.8 Å². The molecule has 2 amide bonds. The number of carbonyl (C=O) groups is 2. The molecule has 7 nitrogen and oxygen atoms in total. The molecule has 2 fully saturated rings. The molecule has 2 aliphatic rings. The molecule has 0 bridgehead atoms. The van der Waals surface area contributed by atoms with Crippen LogP contribution in [0.25, 0.3) is 0 Å². The van der Waals surface area contributed by atoms with Crippen molar-refractivity contribution in [1.82, 2.24) is 14.8 Å². The first-order valence-corrected chi connectivity index (χ1v) is 11.8. The van der Waals surface area contributed by atoms with E-state index < -0.39 is 0 Å². The summed E-state index contributed by atoms with van der Waals surface area (Å²) < 4.78 is 5.16. The first-order valence-electron chi connectivity index (χ1n) is 10.9. The zero-order valence-corrected chi connectivity index (χ0v) is 19.0. The fraction of sp³-hybridized carbons (Fsp3) is 0.522. The summed E-state index contributed by atoms with van der Waals surface area (Å²) in [6.07, 6.45) is 3.26. The standard InChI is InChI=1S/C23H30N4O3S/c1-16-24-19(15-31-16)14-26-12-9-17(10-13-26)23(29)27-11-3-4-21(27)22(28)25-18-5-7-20(30-2)8-6-18/h5-8,15,17,21H,3-4,9-14H2,1-2H3,(H,25,28). The van der Waals surface area contributed by atoms with E-state index in [0.29, 0.717) is 6.54 Å². The lowest BCUT2D eigenvalue weighted by molar-refractivity contribution is -0.141. The number of hydrogen-bond donors (Lipinski definition) is 1. The number of carbonyl (C=O) groups excluding carboxylic acids is 2. The number of nitrogens with one attached hydrogen (secondary N) is 1. The molecule has 1 aromatic heterocycles. The average Bonchev–Trinajstić information content (AvgIpc) is 3.43. The number of nitrogens with zero attached hydrogens (tertiary/aromatic N) is 3. The van der Waals surface area contributed by atoms with Gasteiger partial charge in [0, 0.05) is 30.1 Å². The molecule has 1 atom stereocenters. The zero-order chi connectivity index (χ0) is 21.8. The maximum absolute atomic E-state index is 13.2. The average molecular weight is 443 g/mol. The van der Waals surface area contributed by atoms with Crippen LogP contribution in [0.15, 0.2) is 29.6 Å². The predicted molar refractivity (Wildman–Crippen MR) is 121 cm³/mol. The third-order valence-corrected chi connectivity index (χ3v) is 7.01. The van der Waals surface area contributed by atoms with Gasteiger partial charge in [0.15, 0.2) is 0 Å². The Morgan fingerprint density at radius 1 is 1.16 bits per heavy atom. The topological polar surface area (TPSA) is 74.8 Å². The molecular formula is C23H30N4O3S. The van der Waals surface area contributed by atoms with Gasteiger partial charge in [-0.05, 0) is 70.0 Å². The molecule has 2 saturated heterocycles. The molecule has 0 saturated carbocycles. The van der Waals surface area contributed by atoms with Crippen LogP contribution in [-0.2, 0) is 16.1 Å². The lowest BCUT2D eigenvalue weighted by Gasteiger charge is -2.34. The van der Waals surface area contributed by atoms with Gasteiger partial charge >= 0.3 is 0 Å². The second-order valence-electron chi connectivity index (χ2n) is 8.32. The highest BCUT2D eigenvalue weighted by Gasteiger charge is 2.38. The Bertz CT molecular complexity index is 906. The summed E-state index contributed by atoms with van der Waals surface area (Å²) in [4.78, 5) is 34.8. The molecule has 166 valence electrons. The number of amides is 2. The Labute approximate surface area is 187 Å². The lowest BCUT2D eigenvalue weighted by atomic mass is 9.94. The number of thiazole rings is 1. The van der Waals surface area contributed by atoms with Gasteiger partial charge < -0.3 is 15.0 Å². The molecule has 0 spiro atoms. The van der Waals surface area contributed by atoms with Crippen LogP contribution in [0.3, 0.4) is 0 Å². The molecule has 2 aliphatic heterocycles. The summed E-state index contributed by atoms with van der Waals surface area (Å²) in [5, 5.41) is 6.16. The van der Waals surface area contributed by atoms with E-state index in [1.807, 2.05) is 36.1 Å². The Kier molecular flexibility index (Phi) is 6.87. The van der Waals surface area contributed by atoms with Crippen LogP contribution in [0.4, 0.5) is 5.69 Å². The van der Waals surface area contributed by atoms with E-state index >= 15 is 0 Å². The van der Waals surface area contributed by atoms with Crippen LogP contribution < -0.4 is 10.1 Å². The second-order valence-corrected chi connectivity index (χ2v) is 9.38. The number of methoxy groups -OCH3 is 1. The Morgan fingerprint density at radius 2 is 1.90 bits per heavy atom. The largest absolute Gasteiger partial charge is 0.497 e. The van der Waals surface area contributed by atoms with Crippen LogP contribution in [-0.4, -0.2) is 59.4 Å². The summed E-state index contributed by atoms with van der Waals surface area (Å²) in [6, 6.07) is 6.88. The minimum atomic E-state index is -0.384. The molecule has 2 aromatic rings.